The van der Waals surface area contributed by atoms with Gasteiger partial charge in [0.1, 0.15) is 6.54 Å². The second-order valence-corrected chi connectivity index (χ2v) is 7.07. The van der Waals surface area contributed by atoms with Crippen LogP contribution < -0.4 is 5.56 Å². The predicted octanol–water partition coefficient (Wildman–Crippen LogP) is 3.58. The average Bonchev–Trinajstić information content (AvgIpc) is 2.57. The van der Waals surface area contributed by atoms with E-state index >= 15 is 0 Å². The molecule has 0 saturated heterocycles. The van der Waals surface area contributed by atoms with Gasteiger partial charge in [0.15, 0.2) is 0 Å². The molecule has 1 amide bonds. The van der Waals surface area contributed by atoms with E-state index in [1.54, 1.807) is 12.1 Å². The van der Waals surface area contributed by atoms with Crippen LogP contribution in [0, 0.1) is 0 Å². The molecule has 0 bridgehead atoms. The Labute approximate surface area is 150 Å². The second-order valence-electron chi connectivity index (χ2n) is 6.15. The molecule has 1 aromatic carbocycles. The van der Waals surface area contributed by atoms with Crippen LogP contribution >= 0.6 is 15.9 Å². The average molecular weight is 394 g/mol. The van der Waals surface area contributed by atoms with Crippen molar-refractivity contribution < 1.29 is 4.79 Å². The Hall–Kier alpha value is -1.69. The molecule has 0 saturated carbocycles. The highest BCUT2D eigenvalue weighted by molar-refractivity contribution is 9.10. The topological polar surface area (TPSA) is 55.2 Å². The SMILES string of the molecule is CC[C@@H](C)N(C(=O)Cn1cnc2ccc(Br)cc2c1=O)[C@H](C)CC. The zero-order chi connectivity index (χ0) is 17.9. The number of amides is 1. The van der Waals surface area contributed by atoms with Crippen molar-refractivity contribution in [2.75, 3.05) is 0 Å². The van der Waals surface area contributed by atoms with E-state index in [1.807, 2.05) is 24.8 Å². The molecule has 0 aliphatic heterocycles. The van der Waals surface area contributed by atoms with Crippen molar-refractivity contribution >= 4 is 32.7 Å². The fraction of sp³-hybridized carbons (Fsp3) is 0.500. The van der Waals surface area contributed by atoms with Crippen LogP contribution in [0.3, 0.4) is 0 Å². The minimum Gasteiger partial charge on any atom is -0.336 e. The maximum atomic E-state index is 12.8. The molecule has 6 heteroatoms. The lowest BCUT2D eigenvalue weighted by Crippen LogP contribution is -2.46. The molecule has 0 radical (unpaired) electrons. The first kappa shape index (κ1) is 18.6. The van der Waals surface area contributed by atoms with Crippen LogP contribution in [0.5, 0.6) is 0 Å². The number of hydrogen-bond acceptors (Lipinski definition) is 3. The molecule has 1 heterocycles. The Morgan fingerprint density at radius 1 is 1.25 bits per heavy atom. The Morgan fingerprint density at radius 3 is 2.46 bits per heavy atom. The fourth-order valence-electron chi connectivity index (χ4n) is 2.79. The number of carbonyl (C=O) groups is 1. The standard InChI is InChI=1S/C18H24BrN3O2/c1-5-12(3)22(13(4)6-2)17(23)10-21-11-20-16-8-7-14(19)9-15(16)18(21)24/h7-9,11-13H,5-6,10H2,1-4H3/t12-,13-/m1/s1. The van der Waals surface area contributed by atoms with Gasteiger partial charge in [-0.3, -0.25) is 14.2 Å². The van der Waals surface area contributed by atoms with Gasteiger partial charge in [-0.05, 0) is 44.9 Å². The Balaban J connectivity index is 2.35. The summed E-state index contributed by atoms with van der Waals surface area (Å²) < 4.78 is 2.22. The monoisotopic (exact) mass is 393 g/mol. The van der Waals surface area contributed by atoms with E-state index in [-0.39, 0.29) is 30.1 Å². The van der Waals surface area contributed by atoms with E-state index in [9.17, 15) is 9.59 Å². The number of aromatic nitrogens is 2. The van der Waals surface area contributed by atoms with Gasteiger partial charge in [0.2, 0.25) is 5.91 Å². The maximum Gasteiger partial charge on any atom is 0.261 e. The molecule has 2 rings (SSSR count). The van der Waals surface area contributed by atoms with E-state index in [2.05, 4.69) is 34.8 Å². The zero-order valence-corrected chi connectivity index (χ0v) is 16.2. The molecule has 1 aromatic heterocycles. The molecule has 5 nitrogen and oxygen atoms in total. The summed E-state index contributed by atoms with van der Waals surface area (Å²) in [4.78, 5) is 31.6. The highest BCUT2D eigenvalue weighted by atomic mass is 79.9. The summed E-state index contributed by atoms with van der Waals surface area (Å²) in [6.45, 7) is 8.23. The Bertz CT molecular complexity index is 777. The number of halogens is 1. The van der Waals surface area contributed by atoms with Gasteiger partial charge in [-0.2, -0.15) is 0 Å². The predicted molar refractivity (Wildman–Crippen MR) is 100 cm³/mol. The minimum absolute atomic E-state index is 0.0168. The highest BCUT2D eigenvalue weighted by Gasteiger charge is 2.24. The lowest BCUT2D eigenvalue weighted by Gasteiger charge is -2.34. The first-order valence-corrected chi connectivity index (χ1v) is 9.14. The number of carbonyl (C=O) groups excluding carboxylic acids is 1. The molecule has 24 heavy (non-hydrogen) atoms. The molecule has 0 aliphatic rings. The number of fused-ring (bicyclic) bond motifs is 1. The Morgan fingerprint density at radius 2 is 1.88 bits per heavy atom. The van der Waals surface area contributed by atoms with Gasteiger partial charge < -0.3 is 4.90 Å². The molecule has 0 aliphatic carbocycles. The summed E-state index contributed by atoms with van der Waals surface area (Å²) in [6.07, 6.45) is 3.23. The first-order valence-electron chi connectivity index (χ1n) is 8.34. The molecule has 2 aromatic rings. The molecule has 2 atom stereocenters. The quantitative estimate of drug-likeness (QED) is 0.753. The minimum atomic E-state index is -0.192. The summed E-state index contributed by atoms with van der Waals surface area (Å²) >= 11 is 3.37. The zero-order valence-electron chi connectivity index (χ0n) is 14.6. The van der Waals surface area contributed by atoms with E-state index in [1.165, 1.54) is 10.9 Å². The van der Waals surface area contributed by atoms with Crippen LogP contribution in [0.25, 0.3) is 10.9 Å². The summed E-state index contributed by atoms with van der Waals surface area (Å²) in [5.41, 5.74) is 0.440. The third-order valence-electron chi connectivity index (χ3n) is 4.51. The van der Waals surface area contributed by atoms with E-state index in [0.29, 0.717) is 10.9 Å². The van der Waals surface area contributed by atoms with Crippen molar-refractivity contribution in [3.8, 4) is 0 Å². The summed E-state index contributed by atoms with van der Waals surface area (Å²) in [5, 5.41) is 0.512. The molecule has 0 N–H and O–H groups in total. The molecular weight excluding hydrogens is 370 g/mol. The molecule has 0 spiro atoms. The van der Waals surface area contributed by atoms with Gasteiger partial charge in [0, 0.05) is 16.6 Å². The lowest BCUT2D eigenvalue weighted by molar-refractivity contribution is -0.136. The van der Waals surface area contributed by atoms with Crippen molar-refractivity contribution in [3.63, 3.8) is 0 Å². The third kappa shape index (κ3) is 3.86. The van der Waals surface area contributed by atoms with E-state index in [0.717, 1.165) is 17.3 Å². The third-order valence-corrected chi connectivity index (χ3v) is 5.00. The van der Waals surface area contributed by atoms with Crippen LogP contribution in [-0.4, -0.2) is 32.4 Å². The molecular formula is C18H24BrN3O2. The van der Waals surface area contributed by atoms with Crippen LogP contribution in [0.1, 0.15) is 40.5 Å². The first-order chi connectivity index (χ1) is 11.4. The molecule has 130 valence electrons. The van der Waals surface area contributed by atoms with Crippen LogP contribution in [0.2, 0.25) is 0 Å². The summed E-state index contributed by atoms with van der Waals surface area (Å²) in [7, 11) is 0. The van der Waals surface area contributed by atoms with Crippen molar-refractivity contribution in [2.45, 2.75) is 59.2 Å². The van der Waals surface area contributed by atoms with Crippen molar-refractivity contribution in [2.24, 2.45) is 0 Å². The second kappa shape index (κ2) is 7.92. The van der Waals surface area contributed by atoms with Gasteiger partial charge in [-0.15, -0.1) is 0 Å². The van der Waals surface area contributed by atoms with Crippen LogP contribution in [-0.2, 0) is 11.3 Å². The van der Waals surface area contributed by atoms with Crippen LogP contribution in [0.15, 0.2) is 33.8 Å². The van der Waals surface area contributed by atoms with Gasteiger partial charge in [-0.25, -0.2) is 4.98 Å². The van der Waals surface area contributed by atoms with Crippen molar-refractivity contribution in [3.05, 3.63) is 39.4 Å². The maximum absolute atomic E-state index is 12.8. The van der Waals surface area contributed by atoms with Gasteiger partial charge in [0.25, 0.3) is 5.56 Å². The smallest absolute Gasteiger partial charge is 0.261 e. The van der Waals surface area contributed by atoms with E-state index in [4.69, 9.17) is 0 Å². The number of nitrogens with zero attached hydrogens (tertiary/aromatic N) is 3. The lowest BCUT2D eigenvalue weighted by atomic mass is 10.1. The number of hydrogen-bond donors (Lipinski definition) is 0. The van der Waals surface area contributed by atoms with Gasteiger partial charge in [0.05, 0.1) is 17.2 Å². The normalized spacial score (nSPS) is 13.7. The summed E-state index contributed by atoms with van der Waals surface area (Å²) in [6, 6.07) is 5.67. The van der Waals surface area contributed by atoms with Crippen molar-refractivity contribution in [1.29, 1.82) is 0 Å². The van der Waals surface area contributed by atoms with Crippen molar-refractivity contribution in [1.82, 2.24) is 14.5 Å². The van der Waals surface area contributed by atoms with Crippen LogP contribution in [0.4, 0.5) is 0 Å². The fourth-order valence-corrected chi connectivity index (χ4v) is 3.15. The van der Waals surface area contributed by atoms with Gasteiger partial charge in [-0.1, -0.05) is 29.8 Å². The summed E-state index contributed by atoms with van der Waals surface area (Å²) in [5.74, 6) is -0.0445. The largest absolute Gasteiger partial charge is 0.336 e. The molecule has 0 fully saturated rings. The van der Waals surface area contributed by atoms with Gasteiger partial charge >= 0.3 is 0 Å². The molecule has 0 unspecified atom stereocenters. The highest BCUT2D eigenvalue weighted by Crippen LogP contribution is 2.16. The Kier molecular flexibility index (Phi) is 6.15. The van der Waals surface area contributed by atoms with E-state index < -0.39 is 0 Å². The number of rotatable bonds is 6. The number of benzene rings is 1.